The molecule has 1 aromatic carbocycles. The van der Waals surface area contributed by atoms with Crippen LogP contribution in [0.4, 0.5) is 0 Å². The van der Waals surface area contributed by atoms with Gasteiger partial charge in [0, 0.05) is 11.1 Å². The summed E-state index contributed by atoms with van der Waals surface area (Å²) in [5.41, 5.74) is 3.12. The van der Waals surface area contributed by atoms with Gasteiger partial charge in [-0.3, -0.25) is 4.79 Å². The Morgan fingerprint density at radius 3 is 2.71 bits per heavy atom. The molecule has 0 saturated heterocycles. The van der Waals surface area contributed by atoms with Crippen molar-refractivity contribution in [3.8, 4) is 0 Å². The fourth-order valence-electron chi connectivity index (χ4n) is 2.83. The highest BCUT2D eigenvalue weighted by Gasteiger charge is 2.29. The molecule has 0 unspecified atom stereocenters. The molecule has 1 amide bonds. The van der Waals surface area contributed by atoms with Crippen LogP contribution < -0.4 is 5.43 Å². The van der Waals surface area contributed by atoms with Crippen molar-refractivity contribution in [2.75, 3.05) is 12.8 Å². The number of hydrogen-bond donors (Lipinski definition) is 1. The van der Waals surface area contributed by atoms with Crippen molar-refractivity contribution in [1.29, 1.82) is 0 Å². The summed E-state index contributed by atoms with van der Waals surface area (Å²) in [6.07, 6.45) is 7.30. The molecule has 1 aliphatic rings. The Morgan fingerprint density at radius 2 is 2.08 bits per heavy atom. The molecule has 0 aliphatic heterocycles. The number of carbonyl (C=O) groups excluding carboxylic acids is 1. The van der Waals surface area contributed by atoms with Crippen LogP contribution in [0.5, 0.6) is 0 Å². The number of nitrogens with one attached hydrogen (secondary N) is 1. The number of hydrazone groups is 1. The lowest BCUT2D eigenvalue weighted by atomic mass is 9.95. The molecular weight excluding hydrogens is 350 g/mol. The lowest BCUT2D eigenvalue weighted by Gasteiger charge is -2.31. The lowest BCUT2D eigenvalue weighted by molar-refractivity contribution is -0.121. The van der Waals surface area contributed by atoms with E-state index in [0.717, 1.165) is 43.9 Å². The van der Waals surface area contributed by atoms with Gasteiger partial charge in [-0.05, 0) is 30.5 Å². The first kappa shape index (κ1) is 18.9. The van der Waals surface area contributed by atoms with Crippen molar-refractivity contribution in [3.63, 3.8) is 0 Å². The minimum Gasteiger partial charge on any atom is -0.272 e. The Bertz CT molecular complexity index is 700. The van der Waals surface area contributed by atoms with Gasteiger partial charge in [-0.1, -0.05) is 43.0 Å². The summed E-state index contributed by atoms with van der Waals surface area (Å²) in [6.45, 7) is -0.212. The van der Waals surface area contributed by atoms with E-state index in [1.807, 2.05) is 0 Å². The minimum absolute atomic E-state index is 0.101. The van der Waals surface area contributed by atoms with Gasteiger partial charge in [-0.2, -0.15) is 9.41 Å². The summed E-state index contributed by atoms with van der Waals surface area (Å²) in [7, 11) is -3.44. The smallest absolute Gasteiger partial charge is 0.255 e. The molecule has 0 bridgehead atoms. The van der Waals surface area contributed by atoms with Gasteiger partial charge >= 0.3 is 0 Å². The molecule has 132 valence electrons. The highest BCUT2D eigenvalue weighted by Crippen LogP contribution is 2.24. The van der Waals surface area contributed by atoms with Crippen molar-refractivity contribution in [2.24, 2.45) is 5.10 Å². The number of carbonyl (C=O) groups is 1. The van der Waals surface area contributed by atoms with E-state index in [-0.39, 0.29) is 12.6 Å². The van der Waals surface area contributed by atoms with E-state index in [4.69, 9.17) is 11.6 Å². The Labute approximate surface area is 147 Å². The Balaban J connectivity index is 1.95. The van der Waals surface area contributed by atoms with Crippen molar-refractivity contribution in [2.45, 2.75) is 38.1 Å². The second kappa shape index (κ2) is 8.60. The molecule has 1 saturated carbocycles. The molecule has 24 heavy (non-hydrogen) atoms. The summed E-state index contributed by atoms with van der Waals surface area (Å²) in [6, 6.07) is 6.93. The third-order valence-corrected chi connectivity index (χ3v) is 5.47. The monoisotopic (exact) mass is 371 g/mol. The largest absolute Gasteiger partial charge is 0.272 e. The van der Waals surface area contributed by atoms with Crippen LogP contribution in [0.2, 0.25) is 5.02 Å². The van der Waals surface area contributed by atoms with Gasteiger partial charge in [0.2, 0.25) is 10.0 Å². The average molecular weight is 372 g/mol. The molecule has 8 heteroatoms. The van der Waals surface area contributed by atoms with Crippen LogP contribution in [0.15, 0.2) is 29.4 Å². The maximum Gasteiger partial charge on any atom is 0.255 e. The Morgan fingerprint density at radius 1 is 1.38 bits per heavy atom. The maximum absolute atomic E-state index is 12.0. The van der Waals surface area contributed by atoms with Gasteiger partial charge in [-0.25, -0.2) is 13.8 Å². The summed E-state index contributed by atoms with van der Waals surface area (Å²) < 4.78 is 25.3. The second-order valence-electron chi connectivity index (χ2n) is 5.95. The van der Waals surface area contributed by atoms with Gasteiger partial charge in [0.15, 0.2) is 0 Å². The third kappa shape index (κ3) is 5.89. The van der Waals surface area contributed by atoms with Gasteiger partial charge in [0.05, 0.1) is 19.0 Å². The van der Waals surface area contributed by atoms with Crippen LogP contribution in [0.25, 0.3) is 0 Å². The van der Waals surface area contributed by atoms with Crippen molar-refractivity contribution in [1.82, 2.24) is 9.73 Å². The minimum atomic E-state index is -3.44. The molecule has 1 aromatic rings. The van der Waals surface area contributed by atoms with Gasteiger partial charge < -0.3 is 0 Å². The topological polar surface area (TPSA) is 78.8 Å². The molecular formula is C16H22ClN3O3S. The van der Waals surface area contributed by atoms with Gasteiger partial charge in [0.25, 0.3) is 5.91 Å². The van der Waals surface area contributed by atoms with E-state index in [9.17, 15) is 13.2 Å². The van der Waals surface area contributed by atoms with E-state index in [1.165, 1.54) is 10.5 Å². The highest BCUT2D eigenvalue weighted by molar-refractivity contribution is 7.88. The van der Waals surface area contributed by atoms with E-state index in [1.54, 1.807) is 24.3 Å². The predicted molar refractivity (Wildman–Crippen MR) is 95.6 cm³/mol. The van der Waals surface area contributed by atoms with Crippen LogP contribution in [0.3, 0.4) is 0 Å². The van der Waals surface area contributed by atoms with Crippen molar-refractivity contribution in [3.05, 3.63) is 34.9 Å². The van der Waals surface area contributed by atoms with Crippen molar-refractivity contribution >= 4 is 33.7 Å². The zero-order chi connectivity index (χ0) is 17.6. The first-order valence-corrected chi connectivity index (χ1v) is 10.1. The Kier molecular flexibility index (Phi) is 6.77. The van der Waals surface area contributed by atoms with E-state index < -0.39 is 15.9 Å². The average Bonchev–Trinajstić information content (AvgIpc) is 2.52. The van der Waals surface area contributed by atoms with Crippen LogP contribution in [-0.2, 0) is 14.8 Å². The summed E-state index contributed by atoms with van der Waals surface area (Å²) in [5.74, 6) is -0.454. The molecule has 1 fully saturated rings. The number of amides is 1. The fraction of sp³-hybridized carbons (Fsp3) is 0.500. The molecule has 0 aromatic heterocycles. The van der Waals surface area contributed by atoms with Crippen LogP contribution in [-0.4, -0.2) is 43.7 Å². The predicted octanol–water partition coefficient (Wildman–Crippen LogP) is 2.38. The summed E-state index contributed by atoms with van der Waals surface area (Å²) >= 11 is 5.87. The normalized spacial score (nSPS) is 16.6. The number of benzene rings is 1. The first-order valence-electron chi connectivity index (χ1n) is 7.90. The van der Waals surface area contributed by atoms with Gasteiger partial charge in [0.1, 0.15) is 0 Å². The number of nitrogens with zero attached hydrogens (tertiary/aromatic N) is 2. The SMILES string of the molecule is CS(=O)(=O)N(CC(=O)NN=Cc1cccc(Cl)c1)C1CCCCC1. The highest BCUT2D eigenvalue weighted by atomic mass is 35.5. The molecule has 0 atom stereocenters. The molecule has 2 rings (SSSR count). The van der Waals surface area contributed by atoms with E-state index in [2.05, 4.69) is 10.5 Å². The van der Waals surface area contributed by atoms with E-state index in [0.29, 0.717) is 5.02 Å². The summed E-state index contributed by atoms with van der Waals surface area (Å²) in [4.78, 5) is 12.0. The molecule has 0 heterocycles. The molecule has 6 nitrogen and oxygen atoms in total. The zero-order valence-electron chi connectivity index (χ0n) is 13.6. The standard InChI is InChI=1S/C16H22ClN3O3S/c1-24(22,23)20(15-8-3-2-4-9-15)12-16(21)19-18-11-13-6-5-7-14(17)10-13/h5-7,10-11,15H,2-4,8-9,12H2,1H3,(H,19,21). The van der Waals surface area contributed by atoms with Crippen molar-refractivity contribution < 1.29 is 13.2 Å². The third-order valence-electron chi connectivity index (χ3n) is 3.96. The Hall–Kier alpha value is -1.44. The molecule has 0 spiro atoms. The molecule has 0 radical (unpaired) electrons. The fourth-order valence-corrected chi connectivity index (χ4v) is 4.13. The number of sulfonamides is 1. The van der Waals surface area contributed by atoms with Crippen LogP contribution >= 0.6 is 11.6 Å². The maximum atomic E-state index is 12.0. The molecule has 1 aliphatic carbocycles. The molecule has 1 N–H and O–H groups in total. The lowest BCUT2D eigenvalue weighted by Crippen LogP contribution is -2.45. The van der Waals surface area contributed by atoms with Crippen LogP contribution in [0.1, 0.15) is 37.7 Å². The first-order chi connectivity index (χ1) is 11.4. The van der Waals surface area contributed by atoms with Crippen LogP contribution in [0, 0.1) is 0 Å². The number of hydrogen-bond acceptors (Lipinski definition) is 4. The van der Waals surface area contributed by atoms with E-state index >= 15 is 0 Å². The second-order valence-corrected chi connectivity index (χ2v) is 8.32. The summed E-state index contributed by atoms with van der Waals surface area (Å²) in [5, 5.41) is 4.43. The number of halogens is 1. The zero-order valence-corrected chi connectivity index (χ0v) is 15.2. The van der Waals surface area contributed by atoms with Gasteiger partial charge in [-0.15, -0.1) is 0 Å². The quantitative estimate of drug-likeness (QED) is 0.616. The number of rotatable bonds is 6.